The van der Waals surface area contributed by atoms with E-state index in [0.29, 0.717) is 5.75 Å². The molecule has 0 aliphatic rings. The number of halogens is 3. The Hall–Kier alpha value is -2.50. The first-order valence-corrected chi connectivity index (χ1v) is 6.12. The minimum absolute atomic E-state index is 0.204. The largest absolute Gasteiger partial charge is 0.425 e. The van der Waals surface area contributed by atoms with Gasteiger partial charge in [-0.1, -0.05) is 24.3 Å². The Morgan fingerprint density at radius 3 is 2.43 bits per heavy atom. The summed E-state index contributed by atoms with van der Waals surface area (Å²) in [6, 6.07) is 13.1. The summed E-state index contributed by atoms with van der Waals surface area (Å²) < 4.78 is 42.6. The van der Waals surface area contributed by atoms with E-state index in [2.05, 4.69) is 5.32 Å². The zero-order chi connectivity index (χ0) is 15.3. The van der Waals surface area contributed by atoms with Gasteiger partial charge in [0.15, 0.2) is 0 Å². The lowest BCUT2D eigenvalue weighted by Gasteiger charge is -2.10. The van der Waals surface area contributed by atoms with E-state index in [1.54, 1.807) is 30.3 Å². The molecule has 0 radical (unpaired) electrons. The smallest absolute Gasteiger partial charge is 0.416 e. The van der Waals surface area contributed by atoms with Gasteiger partial charge in [0.05, 0.1) is 5.56 Å². The molecule has 0 amide bonds. The molecule has 0 atom stereocenters. The molecule has 110 valence electrons. The number of para-hydroxylation sites is 1. The van der Waals surface area contributed by atoms with Crippen molar-refractivity contribution in [2.75, 3.05) is 11.9 Å². The Balaban J connectivity index is 1.92. The molecule has 0 bridgehead atoms. The van der Waals surface area contributed by atoms with Gasteiger partial charge < -0.3 is 10.1 Å². The van der Waals surface area contributed by atoms with Crippen LogP contribution in [0.4, 0.5) is 18.9 Å². The Morgan fingerprint density at radius 1 is 1.05 bits per heavy atom. The Kier molecular flexibility index (Phi) is 4.47. The van der Waals surface area contributed by atoms with Crippen molar-refractivity contribution in [2.24, 2.45) is 0 Å². The maximum Gasteiger partial charge on any atom is 0.416 e. The van der Waals surface area contributed by atoms with Crippen LogP contribution in [0.25, 0.3) is 0 Å². The summed E-state index contributed by atoms with van der Waals surface area (Å²) in [4.78, 5) is 11.6. The Bertz CT molecular complexity index is 612. The first-order chi connectivity index (χ1) is 9.95. The molecule has 2 rings (SSSR count). The van der Waals surface area contributed by atoms with E-state index in [1.807, 2.05) is 0 Å². The lowest BCUT2D eigenvalue weighted by molar-refractivity contribution is -0.137. The fourth-order valence-corrected chi connectivity index (χ4v) is 1.64. The summed E-state index contributed by atoms with van der Waals surface area (Å²) in [6.45, 7) is -0.226. The SMILES string of the molecule is O=C(CNc1cccc(C(F)(F)F)c1)Oc1ccccc1. The number of carbonyl (C=O) groups excluding carboxylic acids is 1. The standard InChI is InChI=1S/C15H12F3NO2/c16-15(17,18)11-5-4-6-12(9-11)19-10-14(20)21-13-7-2-1-3-8-13/h1-9,19H,10H2. The van der Waals surface area contributed by atoms with Gasteiger partial charge in [-0.05, 0) is 30.3 Å². The number of anilines is 1. The molecule has 6 heteroatoms. The van der Waals surface area contributed by atoms with Gasteiger partial charge >= 0.3 is 12.1 Å². The average molecular weight is 295 g/mol. The number of esters is 1. The van der Waals surface area contributed by atoms with Gasteiger partial charge in [0.25, 0.3) is 0 Å². The van der Waals surface area contributed by atoms with Crippen molar-refractivity contribution in [1.82, 2.24) is 0 Å². The number of carbonyl (C=O) groups is 1. The molecule has 21 heavy (non-hydrogen) atoms. The Labute approximate surface area is 119 Å². The van der Waals surface area contributed by atoms with Crippen LogP contribution in [0.15, 0.2) is 54.6 Å². The predicted octanol–water partition coefficient (Wildman–Crippen LogP) is 3.72. The van der Waals surface area contributed by atoms with E-state index in [1.165, 1.54) is 12.1 Å². The average Bonchev–Trinajstić information content (AvgIpc) is 2.46. The topological polar surface area (TPSA) is 38.3 Å². The summed E-state index contributed by atoms with van der Waals surface area (Å²) in [5.41, 5.74) is -0.571. The van der Waals surface area contributed by atoms with Crippen LogP contribution in [-0.2, 0) is 11.0 Å². The summed E-state index contributed by atoms with van der Waals surface area (Å²) in [7, 11) is 0. The van der Waals surface area contributed by atoms with Gasteiger partial charge in [0.2, 0.25) is 0 Å². The van der Waals surface area contributed by atoms with Crippen LogP contribution in [0.3, 0.4) is 0 Å². The summed E-state index contributed by atoms with van der Waals surface area (Å²) in [5.74, 6) is -0.202. The van der Waals surface area contributed by atoms with E-state index in [0.717, 1.165) is 12.1 Å². The van der Waals surface area contributed by atoms with E-state index in [9.17, 15) is 18.0 Å². The number of rotatable bonds is 4. The predicted molar refractivity (Wildman–Crippen MR) is 72.0 cm³/mol. The third-order valence-electron chi connectivity index (χ3n) is 2.60. The van der Waals surface area contributed by atoms with Crippen molar-refractivity contribution in [3.8, 4) is 5.75 Å². The van der Waals surface area contributed by atoms with Crippen LogP contribution in [0.5, 0.6) is 5.75 Å². The quantitative estimate of drug-likeness (QED) is 0.690. The van der Waals surface area contributed by atoms with Crippen molar-refractivity contribution in [3.05, 3.63) is 60.2 Å². The van der Waals surface area contributed by atoms with Crippen LogP contribution in [0, 0.1) is 0 Å². The second-order valence-electron chi connectivity index (χ2n) is 4.22. The molecule has 0 aliphatic heterocycles. The van der Waals surface area contributed by atoms with Crippen molar-refractivity contribution in [2.45, 2.75) is 6.18 Å². The van der Waals surface area contributed by atoms with E-state index >= 15 is 0 Å². The summed E-state index contributed by atoms with van der Waals surface area (Å²) in [5, 5.41) is 2.60. The van der Waals surface area contributed by atoms with Crippen molar-refractivity contribution >= 4 is 11.7 Å². The van der Waals surface area contributed by atoms with Crippen molar-refractivity contribution in [3.63, 3.8) is 0 Å². The van der Waals surface area contributed by atoms with E-state index in [-0.39, 0.29) is 12.2 Å². The van der Waals surface area contributed by atoms with Crippen LogP contribution >= 0.6 is 0 Å². The van der Waals surface area contributed by atoms with Crippen LogP contribution in [-0.4, -0.2) is 12.5 Å². The number of hydrogen-bond acceptors (Lipinski definition) is 3. The molecule has 0 aromatic heterocycles. The second-order valence-corrected chi connectivity index (χ2v) is 4.22. The highest BCUT2D eigenvalue weighted by Crippen LogP contribution is 2.30. The molecular weight excluding hydrogens is 283 g/mol. The normalized spacial score (nSPS) is 11.0. The molecule has 0 aliphatic carbocycles. The first kappa shape index (κ1) is 14.9. The molecule has 2 aromatic carbocycles. The molecular formula is C15H12F3NO2. The third kappa shape index (κ3) is 4.52. The van der Waals surface area contributed by atoms with Gasteiger partial charge in [-0.15, -0.1) is 0 Å². The van der Waals surface area contributed by atoms with Gasteiger partial charge in [0, 0.05) is 5.69 Å². The monoisotopic (exact) mass is 295 g/mol. The van der Waals surface area contributed by atoms with Crippen LogP contribution in [0.2, 0.25) is 0 Å². The molecule has 0 spiro atoms. The van der Waals surface area contributed by atoms with Crippen molar-refractivity contribution < 1.29 is 22.7 Å². The minimum Gasteiger partial charge on any atom is -0.425 e. The van der Waals surface area contributed by atoms with Crippen LogP contribution < -0.4 is 10.1 Å². The molecule has 1 N–H and O–H groups in total. The molecule has 0 unspecified atom stereocenters. The molecule has 2 aromatic rings. The number of ether oxygens (including phenoxy) is 1. The van der Waals surface area contributed by atoms with Gasteiger partial charge in [-0.25, -0.2) is 4.79 Å². The van der Waals surface area contributed by atoms with E-state index in [4.69, 9.17) is 4.74 Å². The minimum atomic E-state index is -4.41. The lowest BCUT2D eigenvalue weighted by atomic mass is 10.2. The highest BCUT2D eigenvalue weighted by Gasteiger charge is 2.30. The number of alkyl halides is 3. The first-order valence-electron chi connectivity index (χ1n) is 6.12. The molecule has 3 nitrogen and oxygen atoms in total. The van der Waals surface area contributed by atoms with Crippen LogP contribution in [0.1, 0.15) is 5.56 Å². The summed E-state index contributed by atoms with van der Waals surface area (Å²) in [6.07, 6.45) is -4.41. The number of hydrogen-bond donors (Lipinski definition) is 1. The summed E-state index contributed by atoms with van der Waals surface area (Å²) >= 11 is 0. The van der Waals surface area contributed by atoms with Gasteiger partial charge in [-0.2, -0.15) is 13.2 Å². The zero-order valence-electron chi connectivity index (χ0n) is 10.9. The fraction of sp³-hybridized carbons (Fsp3) is 0.133. The van der Waals surface area contributed by atoms with Gasteiger partial charge in [0.1, 0.15) is 12.3 Å². The third-order valence-corrected chi connectivity index (χ3v) is 2.60. The number of benzene rings is 2. The molecule has 0 saturated carbocycles. The fourth-order valence-electron chi connectivity index (χ4n) is 1.64. The molecule has 0 heterocycles. The lowest BCUT2D eigenvalue weighted by Crippen LogP contribution is -2.19. The van der Waals surface area contributed by atoms with E-state index < -0.39 is 17.7 Å². The molecule has 0 fully saturated rings. The highest BCUT2D eigenvalue weighted by molar-refractivity contribution is 5.77. The zero-order valence-corrected chi connectivity index (χ0v) is 10.9. The second kappa shape index (κ2) is 6.30. The Morgan fingerprint density at radius 2 is 1.76 bits per heavy atom. The van der Waals surface area contributed by atoms with Gasteiger partial charge in [-0.3, -0.25) is 0 Å². The van der Waals surface area contributed by atoms with Crippen molar-refractivity contribution in [1.29, 1.82) is 0 Å². The maximum atomic E-state index is 12.5. The molecule has 0 saturated heterocycles. The highest BCUT2D eigenvalue weighted by atomic mass is 19.4. The maximum absolute atomic E-state index is 12.5. The number of nitrogens with one attached hydrogen (secondary N) is 1.